The first kappa shape index (κ1) is 25.7. The zero-order valence-electron chi connectivity index (χ0n) is 20.3. The number of hydrogen-bond donors (Lipinski definition) is 0. The number of carbonyl (C=O) groups excluding carboxylic acids is 1. The lowest BCUT2D eigenvalue weighted by molar-refractivity contribution is 0.207. The molecule has 2 heterocycles. The van der Waals surface area contributed by atoms with Crippen LogP contribution in [0.2, 0.25) is 0 Å². The van der Waals surface area contributed by atoms with Crippen LogP contribution in [-0.4, -0.2) is 63.8 Å². The van der Waals surface area contributed by atoms with Gasteiger partial charge in [-0.1, -0.05) is 30.0 Å². The van der Waals surface area contributed by atoms with E-state index in [4.69, 9.17) is 4.74 Å². The molecule has 1 aliphatic heterocycles. The second kappa shape index (κ2) is 11.6. The Kier molecular flexibility index (Phi) is 8.27. The average molecular weight is 512 g/mol. The SMILES string of the molecule is CC(c1cccc(-c2ncc(OCCCN(C)C)cn2)c1)N1N=C(c2cc(F)cc(F)c2)CSC1=O. The molecule has 0 aliphatic carbocycles. The van der Waals surface area contributed by atoms with E-state index in [0.29, 0.717) is 29.5 Å². The number of carbonyl (C=O) groups is 1. The highest BCUT2D eigenvalue weighted by Gasteiger charge is 2.28. The number of ether oxygens (including phenoxy) is 1. The van der Waals surface area contributed by atoms with E-state index in [1.165, 1.54) is 17.1 Å². The van der Waals surface area contributed by atoms with E-state index in [-0.39, 0.29) is 11.0 Å². The summed E-state index contributed by atoms with van der Waals surface area (Å²) in [5, 5.41) is 5.56. The van der Waals surface area contributed by atoms with Crippen LogP contribution in [0.15, 0.2) is 60.0 Å². The Balaban J connectivity index is 1.50. The third-order valence-corrected chi connectivity index (χ3v) is 6.44. The second-order valence-corrected chi connectivity index (χ2v) is 9.58. The van der Waals surface area contributed by atoms with Crippen LogP contribution >= 0.6 is 11.8 Å². The van der Waals surface area contributed by atoms with Crippen molar-refractivity contribution in [2.75, 3.05) is 33.0 Å². The van der Waals surface area contributed by atoms with Crippen molar-refractivity contribution in [3.8, 4) is 17.1 Å². The molecule has 7 nitrogen and oxygen atoms in total. The summed E-state index contributed by atoms with van der Waals surface area (Å²) in [6.07, 6.45) is 4.20. The second-order valence-electron chi connectivity index (χ2n) is 8.65. The molecule has 0 bridgehead atoms. The van der Waals surface area contributed by atoms with Gasteiger partial charge in [0.1, 0.15) is 11.6 Å². The number of thioether (sulfide) groups is 1. The Morgan fingerprint density at radius 1 is 1.08 bits per heavy atom. The fourth-order valence-corrected chi connectivity index (χ4v) is 4.51. The van der Waals surface area contributed by atoms with Crippen LogP contribution in [0.4, 0.5) is 13.6 Å². The summed E-state index contributed by atoms with van der Waals surface area (Å²) in [6.45, 7) is 3.37. The van der Waals surface area contributed by atoms with Crippen molar-refractivity contribution in [3.63, 3.8) is 0 Å². The molecule has 0 saturated carbocycles. The van der Waals surface area contributed by atoms with Crippen molar-refractivity contribution in [3.05, 3.63) is 77.6 Å². The van der Waals surface area contributed by atoms with Crippen molar-refractivity contribution in [1.82, 2.24) is 19.9 Å². The molecule has 1 unspecified atom stereocenters. The number of benzene rings is 2. The number of hydrazone groups is 1. The van der Waals surface area contributed by atoms with E-state index in [2.05, 4.69) is 20.0 Å². The molecule has 1 aromatic heterocycles. The van der Waals surface area contributed by atoms with Crippen molar-refractivity contribution < 1.29 is 18.3 Å². The number of amides is 1. The van der Waals surface area contributed by atoms with E-state index in [1.807, 2.05) is 45.3 Å². The van der Waals surface area contributed by atoms with E-state index in [0.717, 1.165) is 41.9 Å². The predicted molar refractivity (Wildman–Crippen MR) is 137 cm³/mol. The van der Waals surface area contributed by atoms with Gasteiger partial charge in [0.05, 0.1) is 30.8 Å². The Bertz CT molecular complexity index is 1230. The minimum atomic E-state index is -0.688. The fourth-order valence-electron chi connectivity index (χ4n) is 3.69. The first-order valence-electron chi connectivity index (χ1n) is 11.5. The highest BCUT2D eigenvalue weighted by atomic mass is 32.2. The lowest BCUT2D eigenvalue weighted by atomic mass is 10.0. The average Bonchev–Trinajstić information content (AvgIpc) is 2.86. The largest absolute Gasteiger partial charge is 0.490 e. The molecule has 1 amide bonds. The van der Waals surface area contributed by atoms with Crippen molar-refractivity contribution in [1.29, 1.82) is 0 Å². The van der Waals surface area contributed by atoms with E-state index >= 15 is 0 Å². The summed E-state index contributed by atoms with van der Waals surface area (Å²) in [5.74, 6) is -0.00147. The number of hydrogen-bond acceptors (Lipinski definition) is 7. The van der Waals surface area contributed by atoms with Gasteiger partial charge in [0, 0.05) is 29.5 Å². The van der Waals surface area contributed by atoms with Crippen molar-refractivity contribution >= 4 is 22.7 Å². The van der Waals surface area contributed by atoms with Gasteiger partial charge in [0.2, 0.25) is 0 Å². The zero-order chi connectivity index (χ0) is 25.7. The van der Waals surface area contributed by atoms with Gasteiger partial charge in [-0.2, -0.15) is 5.10 Å². The Morgan fingerprint density at radius 3 is 2.50 bits per heavy atom. The summed E-state index contributed by atoms with van der Waals surface area (Å²) in [7, 11) is 4.04. The number of aromatic nitrogens is 2. The summed E-state index contributed by atoms with van der Waals surface area (Å²) in [4.78, 5) is 23.6. The minimum Gasteiger partial charge on any atom is -0.490 e. The third-order valence-electron chi connectivity index (χ3n) is 5.58. The monoisotopic (exact) mass is 511 g/mol. The number of halogens is 2. The normalized spacial score (nSPS) is 14.7. The number of rotatable bonds is 9. The third kappa shape index (κ3) is 6.44. The van der Waals surface area contributed by atoms with Crippen molar-refractivity contribution in [2.45, 2.75) is 19.4 Å². The van der Waals surface area contributed by atoms with Crippen LogP contribution in [0.25, 0.3) is 11.4 Å². The van der Waals surface area contributed by atoms with Gasteiger partial charge in [-0.25, -0.2) is 23.8 Å². The maximum absolute atomic E-state index is 13.7. The standard InChI is InChI=1S/C26H27F2N5O2S/c1-17(33-26(34)36-16-24(31-33)20-11-21(27)13-22(28)12-20)18-6-4-7-19(10-18)25-29-14-23(15-30-25)35-9-5-8-32(2)3/h4,6-7,10-15,17H,5,8-9,16H2,1-3H3. The lowest BCUT2D eigenvalue weighted by Crippen LogP contribution is -2.32. The highest BCUT2D eigenvalue weighted by Crippen LogP contribution is 2.31. The molecular formula is C26H27F2N5O2S. The van der Waals surface area contributed by atoms with Gasteiger partial charge in [-0.3, -0.25) is 4.79 Å². The number of nitrogens with zero attached hydrogens (tertiary/aromatic N) is 5. The first-order chi connectivity index (χ1) is 17.3. The highest BCUT2D eigenvalue weighted by molar-refractivity contribution is 8.14. The molecule has 0 spiro atoms. The van der Waals surface area contributed by atoms with Crippen LogP contribution in [-0.2, 0) is 0 Å². The Hall–Kier alpha value is -3.37. The van der Waals surface area contributed by atoms with Crippen LogP contribution in [0.1, 0.15) is 30.5 Å². The molecule has 4 rings (SSSR count). The van der Waals surface area contributed by atoms with Gasteiger partial charge in [-0.15, -0.1) is 0 Å². The van der Waals surface area contributed by atoms with Crippen LogP contribution in [0.5, 0.6) is 5.75 Å². The summed E-state index contributed by atoms with van der Waals surface area (Å²) in [5.41, 5.74) is 2.36. The Morgan fingerprint density at radius 2 is 1.81 bits per heavy atom. The molecule has 0 radical (unpaired) electrons. The van der Waals surface area contributed by atoms with E-state index in [9.17, 15) is 13.6 Å². The maximum atomic E-state index is 13.7. The van der Waals surface area contributed by atoms with Gasteiger partial charge < -0.3 is 9.64 Å². The molecule has 0 saturated heterocycles. The topological polar surface area (TPSA) is 70.9 Å². The maximum Gasteiger partial charge on any atom is 0.302 e. The van der Waals surface area contributed by atoms with Crippen LogP contribution in [0.3, 0.4) is 0 Å². The molecule has 0 N–H and O–H groups in total. The molecule has 1 atom stereocenters. The lowest BCUT2D eigenvalue weighted by Gasteiger charge is -2.29. The van der Waals surface area contributed by atoms with Gasteiger partial charge >= 0.3 is 5.24 Å². The quantitative estimate of drug-likeness (QED) is 0.359. The molecule has 10 heteroatoms. The molecule has 1 aliphatic rings. The van der Waals surface area contributed by atoms with Crippen LogP contribution in [0, 0.1) is 11.6 Å². The molecule has 0 fully saturated rings. The molecular weight excluding hydrogens is 484 g/mol. The fraction of sp³-hybridized carbons (Fsp3) is 0.308. The zero-order valence-corrected chi connectivity index (χ0v) is 21.1. The summed E-state index contributed by atoms with van der Waals surface area (Å²) >= 11 is 1.05. The van der Waals surface area contributed by atoms with Gasteiger partial charge in [0.15, 0.2) is 11.6 Å². The summed E-state index contributed by atoms with van der Waals surface area (Å²) in [6, 6.07) is 10.4. The van der Waals surface area contributed by atoms with E-state index in [1.54, 1.807) is 12.4 Å². The smallest absolute Gasteiger partial charge is 0.302 e. The van der Waals surface area contributed by atoms with Gasteiger partial charge in [0.25, 0.3) is 0 Å². The molecule has 36 heavy (non-hydrogen) atoms. The summed E-state index contributed by atoms with van der Waals surface area (Å²) < 4.78 is 33.1. The van der Waals surface area contributed by atoms with Crippen LogP contribution < -0.4 is 4.74 Å². The predicted octanol–water partition coefficient (Wildman–Crippen LogP) is 5.39. The molecule has 3 aromatic rings. The minimum absolute atomic E-state index is 0.236. The van der Waals surface area contributed by atoms with E-state index < -0.39 is 17.7 Å². The first-order valence-corrected chi connectivity index (χ1v) is 12.5. The van der Waals surface area contributed by atoms with Crippen molar-refractivity contribution in [2.24, 2.45) is 5.10 Å². The molecule has 188 valence electrons. The molecule has 2 aromatic carbocycles. The Labute approximate surface area is 213 Å². The van der Waals surface area contributed by atoms with Gasteiger partial charge in [-0.05, 0) is 51.2 Å².